The van der Waals surface area contributed by atoms with E-state index in [1.165, 1.54) is 12.1 Å². The van der Waals surface area contributed by atoms with E-state index in [2.05, 4.69) is 4.72 Å². The molecule has 0 fully saturated rings. The molecule has 0 aromatic heterocycles. The third kappa shape index (κ3) is 4.27. The van der Waals surface area contributed by atoms with Crippen molar-refractivity contribution in [1.82, 2.24) is 4.72 Å². The molecule has 10 heteroatoms. The van der Waals surface area contributed by atoms with Gasteiger partial charge in [0, 0.05) is 6.26 Å². The molecule has 0 unspecified atom stereocenters. The number of sulfone groups is 1. The van der Waals surface area contributed by atoms with E-state index < -0.39 is 25.4 Å². The molecule has 0 atom stereocenters. The average Bonchev–Trinajstić information content (AvgIpc) is 2.59. The maximum absolute atomic E-state index is 13.0. The second-order valence-corrected chi connectivity index (χ2v) is 11.0. The van der Waals surface area contributed by atoms with Crippen molar-refractivity contribution in [2.24, 2.45) is 0 Å². The lowest BCUT2D eigenvalue weighted by molar-refractivity contribution is 0.171. The van der Waals surface area contributed by atoms with Crippen molar-refractivity contribution in [3.63, 3.8) is 0 Å². The summed E-state index contributed by atoms with van der Waals surface area (Å²) in [6.07, 6.45) is 0.999. The van der Waals surface area contributed by atoms with Crippen LogP contribution in [0.2, 0.25) is 5.02 Å². The average molecular weight is 446 g/mol. The van der Waals surface area contributed by atoms with Crippen LogP contribution in [0.25, 0.3) is 0 Å². The van der Waals surface area contributed by atoms with Gasteiger partial charge in [0.25, 0.3) is 0 Å². The Labute approximate surface area is 169 Å². The number of rotatable bonds is 5. The number of hydrogen-bond acceptors (Lipinski definition) is 6. The first-order valence-corrected chi connectivity index (χ1v) is 12.1. The molecule has 0 radical (unpaired) electrons. The topological polar surface area (TPSA) is 98.8 Å². The van der Waals surface area contributed by atoms with Gasteiger partial charge in [0.1, 0.15) is 18.1 Å². The molecule has 7 nitrogen and oxygen atoms in total. The second kappa shape index (κ2) is 7.22. The van der Waals surface area contributed by atoms with Crippen LogP contribution in [0.3, 0.4) is 0 Å². The third-order valence-electron chi connectivity index (χ3n) is 4.27. The zero-order valence-corrected chi connectivity index (χ0v) is 17.9. The molecule has 1 heterocycles. The minimum Gasteiger partial charge on any atom is -0.486 e. The van der Waals surface area contributed by atoms with Crippen LogP contribution in [0, 0.1) is 0 Å². The number of fused-ring (bicyclic) bond motifs is 1. The highest BCUT2D eigenvalue weighted by Crippen LogP contribution is 2.35. The summed E-state index contributed by atoms with van der Waals surface area (Å²) in [6, 6.07) is 8.75. The van der Waals surface area contributed by atoms with E-state index in [0.29, 0.717) is 30.3 Å². The molecule has 0 bridgehead atoms. The molecule has 2 aromatic carbocycles. The maximum atomic E-state index is 13.0. The Morgan fingerprint density at radius 3 is 2.25 bits per heavy atom. The van der Waals surface area contributed by atoms with E-state index in [4.69, 9.17) is 21.1 Å². The molecule has 1 N–H and O–H groups in total. The highest BCUT2D eigenvalue weighted by atomic mass is 35.5. The van der Waals surface area contributed by atoms with Crippen molar-refractivity contribution >= 4 is 31.5 Å². The molecule has 0 spiro atoms. The van der Waals surface area contributed by atoms with Crippen LogP contribution < -0.4 is 14.2 Å². The summed E-state index contributed by atoms with van der Waals surface area (Å²) in [5.74, 6) is 1.13. The van der Waals surface area contributed by atoms with Crippen LogP contribution in [0.15, 0.2) is 46.2 Å². The first-order valence-electron chi connectivity index (χ1n) is 8.34. The Balaban J connectivity index is 1.98. The Bertz CT molecular complexity index is 1130. The van der Waals surface area contributed by atoms with Crippen LogP contribution in [0.5, 0.6) is 11.5 Å². The Hall–Kier alpha value is -1.81. The Kier molecular flexibility index (Phi) is 5.39. The second-order valence-electron chi connectivity index (χ2n) is 6.95. The SMILES string of the molecule is CC(C)(NS(=O)(=O)c1cc(S(C)(=O)=O)ccc1Cl)c1ccc2c(c1)OCCO2. The number of nitrogens with one attached hydrogen (secondary N) is 1. The molecule has 152 valence electrons. The Morgan fingerprint density at radius 2 is 1.61 bits per heavy atom. The number of hydrogen-bond donors (Lipinski definition) is 1. The van der Waals surface area contributed by atoms with Gasteiger partial charge in [-0.3, -0.25) is 0 Å². The monoisotopic (exact) mass is 445 g/mol. The quantitative estimate of drug-likeness (QED) is 0.759. The van der Waals surface area contributed by atoms with Gasteiger partial charge in [-0.15, -0.1) is 0 Å². The van der Waals surface area contributed by atoms with Gasteiger partial charge in [-0.05, 0) is 49.7 Å². The summed E-state index contributed by atoms with van der Waals surface area (Å²) >= 11 is 6.05. The predicted molar refractivity (Wildman–Crippen MR) is 105 cm³/mol. The molecule has 3 rings (SSSR count). The van der Waals surface area contributed by atoms with E-state index in [-0.39, 0.29) is 14.8 Å². The zero-order valence-electron chi connectivity index (χ0n) is 15.5. The van der Waals surface area contributed by atoms with Crippen LogP contribution >= 0.6 is 11.6 Å². The van der Waals surface area contributed by atoms with Gasteiger partial charge in [0.2, 0.25) is 10.0 Å². The van der Waals surface area contributed by atoms with Gasteiger partial charge in [-0.2, -0.15) is 0 Å². The van der Waals surface area contributed by atoms with Crippen molar-refractivity contribution in [1.29, 1.82) is 0 Å². The summed E-state index contributed by atoms with van der Waals surface area (Å²) in [5, 5.41) is -0.0714. The standard InChI is InChI=1S/C18H20ClNO6S2/c1-18(2,12-4-7-15-16(10-12)26-9-8-25-15)20-28(23,24)17-11-13(27(3,21)22)5-6-14(17)19/h4-7,10-11,20H,8-9H2,1-3H3. The predicted octanol–water partition coefficient (Wildman–Crippen LogP) is 2.73. The fraction of sp³-hybridized carbons (Fsp3) is 0.333. The summed E-state index contributed by atoms with van der Waals surface area (Å²) in [4.78, 5) is -0.433. The fourth-order valence-corrected chi connectivity index (χ4v) is 5.45. The van der Waals surface area contributed by atoms with Crippen molar-refractivity contribution in [3.8, 4) is 11.5 Å². The molecular formula is C18H20ClNO6S2. The smallest absolute Gasteiger partial charge is 0.242 e. The van der Waals surface area contributed by atoms with Crippen LogP contribution in [-0.2, 0) is 25.4 Å². The molecule has 1 aliphatic rings. The zero-order chi connectivity index (χ0) is 20.7. The van der Waals surface area contributed by atoms with E-state index in [9.17, 15) is 16.8 Å². The first kappa shape index (κ1) is 20.9. The van der Waals surface area contributed by atoms with Crippen molar-refractivity contribution in [3.05, 3.63) is 47.0 Å². The maximum Gasteiger partial charge on any atom is 0.242 e. The highest BCUT2D eigenvalue weighted by molar-refractivity contribution is 7.91. The first-order chi connectivity index (χ1) is 12.9. The molecule has 1 aliphatic heterocycles. The normalized spacial score (nSPS) is 14.7. The van der Waals surface area contributed by atoms with Crippen LogP contribution in [-0.4, -0.2) is 36.3 Å². The van der Waals surface area contributed by atoms with Gasteiger partial charge in [-0.1, -0.05) is 17.7 Å². The fourth-order valence-electron chi connectivity index (χ4n) is 2.80. The van der Waals surface area contributed by atoms with E-state index in [1.54, 1.807) is 32.0 Å². The number of halogens is 1. The number of ether oxygens (including phenoxy) is 2. The summed E-state index contributed by atoms with van der Waals surface area (Å²) in [6.45, 7) is 4.24. The minimum atomic E-state index is -4.12. The molecule has 28 heavy (non-hydrogen) atoms. The molecular weight excluding hydrogens is 426 g/mol. The van der Waals surface area contributed by atoms with E-state index in [1.807, 2.05) is 0 Å². The molecule has 0 saturated heterocycles. The minimum absolute atomic E-state index is 0.0714. The van der Waals surface area contributed by atoms with Gasteiger partial charge in [-0.25, -0.2) is 21.6 Å². The van der Waals surface area contributed by atoms with Crippen LogP contribution in [0.4, 0.5) is 0 Å². The van der Waals surface area contributed by atoms with Crippen molar-refractivity contribution in [2.75, 3.05) is 19.5 Å². The highest BCUT2D eigenvalue weighted by Gasteiger charge is 2.31. The Morgan fingerprint density at radius 1 is 0.964 bits per heavy atom. The van der Waals surface area contributed by atoms with Gasteiger partial charge < -0.3 is 9.47 Å². The lowest BCUT2D eigenvalue weighted by atomic mass is 9.95. The number of sulfonamides is 1. The van der Waals surface area contributed by atoms with E-state index >= 15 is 0 Å². The summed E-state index contributed by atoms with van der Waals surface area (Å²) in [5.41, 5.74) is -0.380. The third-order valence-corrected chi connectivity index (χ3v) is 7.52. The van der Waals surface area contributed by atoms with Crippen molar-refractivity contribution in [2.45, 2.75) is 29.2 Å². The van der Waals surface area contributed by atoms with Gasteiger partial charge in [0.15, 0.2) is 21.3 Å². The number of benzene rings is 2. The molecule has 2 aromatic rings. The molecule has 0 amide bonds. The summed E-state index contributed by atoms with van der Waals surface area (Å²) < 4.78 is 63.1. The lowest BCUT2D eigenvalue weighted by Gasteiger charge is -2.28. The molecule has 0 aliphatic carbocycles. The molecule has 0 saturated carbocycles. The van der Waals surface area contributed by atoms with Crippen molar-refractivity contribution < 1.29 is 26.3 Å². The lowest BCUT2D eigenvalue weighted by Crippen LogP contribution is -2.41. The van der Waals surface area contributed by atoms with Crippen LogP contribution in [0.1, 0.15) is 19.4 Å². The van der Waals surface area contributed by atoms with Gasteiger partial charge >= 0.3 is 0 Å². The summed E-state index contributed by atoms with van der Waals surface area (Å²) in [7, 11) is -7.71. The largest absolute Gasteiger partial charge is 0.486 e. The van der Waals surface area contributed by atoms with Gasteiger partial charge in [0.05, 0.1) is 15.5 Å². The van der Waals surface area contributed by atoms with E-state index in [0.717, 1.165) is 12.3 Å².